The third kappa shape index (κ3) is 4.26. The first kappa shape index (κ1) is 15.5. The number of amides is 1. The zero-order valence-electron chi connectivity index (χ0n) is 10.6. The first-order valence-electron chi connectivity index (χ1n) is 5.70. The van der Waals surface area contributed by atoms with Crippen LogP contribution in [0.3, 0.4) is 0 Å². The molecule has 0 N–H and O–H groups in total. The Labute approximate surface area is 121 Å². The molecule has 0 heterocycles. The number of aryl methyl sites for hydroxylation is 1. The highest BCUT2D eigenvalue weighted by Gasteiger charge is 2.17. The maximum Gasteiger partial charge on any atom is 0.254 e. The van der Waals surface area contributed by atoms with Gasteiger partial charge in [-0.3, -0.25) is 4.79 Å². The number of hydrogen-bond donors (Lipinski definition) is 0. The summed E-state index contributed by atoms with van der Waals surface area (Å²) in [5.74, 6) is 0.411. The lowest BCUT2D eigenvalue weighted by Gasteiger charge is -2.22. The summed E-state index contributed by atoms with van der Waals surface area (Å²) >= 11 is 9.12. The van der Waals surface area contributed by atoms with Crippen LogP contribution in [0.1, 0.15) is 15.9 Å². The SMILES string of the molecule is COCCN(CCCl)C(=O)c1cc(Br)ccc1C. The Bertz CT molecular complexity index is 412. The number of benzene rings is 1. The maximum absolute atomic E-state index is 12.4. The van der Waals surface area contributed by atoms with Crippen molar-refractivity contribution in [2.75, 3.05) is 32.7 Å². The van der Waals surface area contributed by atoms with Crippen molar-refractivity contribution < 1.29 is 9.53 Å². The molecule has 5 heteroatoms. The molecule has 100 valence electrons. The van der Waals surface area contributed by atoms with Crippen LogP contribution in [-0.2, 0) is 4.74 Å². The summed E-state index contributed by atoms with van der Waals surface area (Å²) in [5.41, 5.74) is 1.66. The van der Waals surface area contributed by atoms with Crippen LogP contribution in [0.2, 0.25) is 0 Å². The fourth-order valence-electron chi connectivity index (χ4n) is 1.61. The van der Waals surface area contributed by atoms with Crippen molar-refractivity contribution in [3.63, 3.8) is 0 Å². The standard InChI is InChI=1S/C13H17BrClNO2/c1-10-3-4-11(14)9-12(10)13(17)16(6-5-15)7-8-18-2/h3-4,9H,5-8H2,1-2H3. The van der Waals surface area contributed by atoms with E-state index in [1.54, 1.807) is 12.0 Å². The van der Waals surface area contributed by atoms with E-state index in [-0.39, 0.29) is 5.91 Å². The molecule has 18 heavy (non-hydrogen) atoms. The number of ether oxygens (including phenoxy) is 1. The molecule has 1 aromatic rings. The van der Waals surface area contributed by atoms with Gasteiger partial charge >= 0.3 is 0 Å². The van der Waals surface area contributed by atoms with Crippen molar-refractivity contribution in [2.24, 2.45) is 0 Å². The second-order valence-electron chi connectivity index (χ2n) is 3.93. The normalized spacial score (nSPS) is 10.4. The summed E-state index contributed by atoms with van der Waals surface area (Å²) in [5, 5.41) is 0. The van der Waals surface area contributed by atoms with E-state index in [4.69, 9.17) is 16.3 Å². The van der Waals surface area contributed by atoms with Gasteiger partial charge in [-0.05, 0) is 24.6 Å². The molecule has 0 spiro atoms. The van der Waals surface area contributed by atoms with Gasteiger partial charge in [0.2, 0.25) is 0 Å². The van der Waals surface area contributed by atoms with E-state index in [0.717, 1.165) is 10.0 Å². The Balaban J connectivity index is 2.90. The number of carbonyl (C=O) groups is 1. The number of rotatable bonds is 6. The lowest BCUT2D eigenvalue weighted by atomic mass is 10.1. The highest BCUT2D eigenvalue weighted by Crippen LogP contribution is 2.17. The van der Waals surface area contributed by atoms with E-state index in [1.165, 1.54) is 0 Å². The highest BCUT2D eigenvalue weighted by molar-refractivity contribution is 9.10. The fraction of sp³-hybridized carbons (Fsp3) is 0.462. The second-order valence-corrected chi connectivity index (χ2v) is 5.23. The highest BCUT2D eigenvalue weighted by atomic mass is 79.9. The molecule has 0 aromatic heterocycles. The van der Waals surface area contributed by atoms with Crippen LogP contribution >= 0.6 is 27.5 Å². The lowest BCUT2D eigenvalue weighted by molar-refractivity contribution is 0.0707. The quantitative estimate of drug-likeness (QED) is 0.748. The summed E-state index contributed by atoms with van der Waals surface area (Å²) in [6.45, 7) is 3.51. The third-order valence-electron chi connectivity index (χ3n) is 2.64. The molecular formula is C13H17BrClNO2. The van der Waals surface area contributed by atoms with Gasteiger partial charge in [-0.2, -0.15) is 0 Å². The Morgan fingerprint density at radius 2 is 2.17 bits per heavy atom. The zero-order valence-corrected chi connectivity index (χ0v) is 12.9. The molecule has 0 aliphatic heterocycles. The smallest absolute Gasteiger partial charge is 0.254 e. The minimum Gasteiger partial charge on any atom is -0.383 e. The van der Waals surface area contributed by atoms with Gasteiger partial charge in [0.15, 0.2) is 0 Å². The first-order chi connectivity index (χ1) is 8.60. The summed E-state index contributed by atoms with van der Waals surface area (Å²) in [7, 11) is 1.62. The average molecular weight is 335 g/mol. The Kier molecular flexibility index (Phi) is 6.68. The van der Waals surface area contributed by atoms with Gasteiger partial charge in [-0.1, -0.05) is 22.0 Å². The molecule has 0 radical (unpaired) electrons. The maximum atomic E-state index is 12.4. The average Bonchev–Trinajstić information content (AvgIpc) is 2.36. The van der Waals surface area contributed by atoms with E-state index < -0.39 is 0 Å². The number of hydrogen-bond acceptors (Lipinski definition) is 2. The van der Waals surface area contributed by atoms with Crippen LogP contribution in [0.4, 0.5) is 0 Å². The van der Waals surface area contributed by atoms with Gasteiger partial charge in [-0.25, -0.2) is 0 Å². The van der Waals surface area contributed by atoms with E-state index in [0.29, 0.717) is 31.1 Å². The van der Waals surface area contributed by atoms with Crippen molar-refractivity contribution in [2.45, 2.75) is 6.92 Å². The molecule has 0 saturated carbocycles. The molecule has 0 aliphatic carbocycles. The molecule has 1 aromatic carbocycles. The number of carbonyl (C=O) groups excluding carboxylic acids is 1. The molecule has 1 rings (SSSR count). The molecule has 0 unspecified atom stereocenters. The molecule has 0 fully saturated rings. The summed E-state index contributed by atoms with van der Waals surface area (Å²) in [4.78, 5) is 14.1. The Hall–Kier alpha value is -0.580. The van der Waals surface area contributed by atoms with E-state index in [9.17, 15) is 4.79 Å². The van der Waals surface area contributed by atoms with Gasteiger partial charge in [0.05, 0.1) is 6.61 Å². The fourth-order valence-corrected chi connectivity index (χ4v) is 2.18. The van der Waals surface area contributed by atoms with E-state index >= 15 is 0 Å². The van der Waals surface area contributed by atoms with Crippen LogP contribution in [-0.4, -0.2) is 43.5 Å². The molecule has 0 atom stereocenters. The van der Waals surface area contributed by atoms with E-state index in [2.05, 4.69) is 15.9 Å². The van der Waals surface area contributed by atoms with E-state index in [1.807, 2.05) is 25.1 Å². The minimum atomic E-state index is -0.00787. The molecule has 0 saturated heterocycles. The lowest BCUT2D eigenvalue weighted by Crippen LogP contribution is -2.35. The van der Waals surface area contributed by atoms with Gasteiger partial charge in [0.25, 0.3) is 5.91 Å². The van der Waals surface area contributed by atoms with Crippen molar-refractivity contribution >= 4 is 33.4 Å². The Morgan fingerprint density at radius 3 is 2.78 bits per heavy atom. The van der Waals surface area contributed by atoms with Gasteiger partial charge in [0.1, 0.15) is 0 Å². The van der Waals surface area contributed by atoms with Crippen LogP contribution in [0.15, 0.2) is 22.7 Å². The third-order valence-corrected chi connectivity index (χ3v) is 3.30. The summed E-state index contributed by atoms with van der Waals surface area (Å²) in [6, 6.07) is 5.69. The topological polar surface area (TPSA) is 29.5 Å². The predicted molar refractivity (Wildman–Crippen MR) is 77.4 cm³/mol. The molecule has 1 amide bonds. The second kappa shape index (κ2) is 7.77. The van der Waals surface area contributed by atoms with Crippen LogP contribution in [0.5, 0.6) is 0 Å². The number of nitrogens with zero attached hydrogens (tertiary/aromatic N) is 1. The predicted octanol–water partition coefficient (Wildman–Crippen LogP) is 3.08. The van der Waals surface area contributed by atoms with Crippen LogP contribution in [0.25, 0.3) is 0 Å². The molecule has 0 bridgehead atoms. The van der Waals surface area contributed by atoms with Crippen LogP contribution in [0, 0.1) is 6.92 Å². The van der Waals surface area contributed by atoms with Crippen LogP contribution < -0.4 is 0 Å². The van der Waals surface area contributed by atoms with Crippen molar-refractivity contribution in [3.05, 3.63) is 33.8 Å². The summed E-state index contributed by atoms with van der Waals surface area (Å²) < 4.78 is 5.91. The van der Waals surface area contributed by atoms with Gasteiger partial charge < -0.3 is 9.64 Å². The van der Waals surface area contributed by atoms with Crippen molar-refractivity contribution in [3.8, 4) is 0 Å². The molecule has 0 aliphatic rings. The monoisotopic (exact) mass is 333 g/mol. The molecule has 3 nitrogen and oxygen atoms in total. The summed E-state index contributed by atoms with van der Waals surface area (Å²) in [6.07, 6.45) is 0. The number of methoxy groups -OCH3 is 1. The first-order valence-corrected chi connectivity index (χ1v) is 7.03. The van der Waals surface area contributed by atoms with Gasteiger partial charge in [0, 0.05) is 36.1 Å². The van der Waals surface area contributed by atoms with Crippen molar-refractivity contribution in [1.82, 2.24) is 4.90 Å². The minimum absolute atomic E-state index is 0.00787. The van der Waals surface area contributed by atoms with Gasteiger partial charge in [-0.15, -0.1) is 11.6 Å². The Morgan fingerprint density at radius 1 is 1.44 bits per heavy atom. The molecular weight excluding hydrogens is 318 g/mol. The largest absolute Gasteiger partial charge is 0.383 e. The number of alkyl halides is 1. The number of halogens is 2. The zero-order chi connectivity index (χ0) is 13.5. The van der Waals surface area contributed by atoms with Crippen molar-refractivity contribution in [1.29, 1.82) is 0 Å².